The molecular weight excluding hydrogens is 280 g/mol. The van der Waals surface area contributed by atoms with Gasteiger partial charge in [0.05, 0.1) is 5.41 Å². The number of nitrogens with one attached hydrogen (secondary N) is 2. The van der Waals surface area contributed by atoms with Gasteiger partial charge in [-0.25, -0.2) is 4.79 Å². The summed E-state index contributed by atoms with van der Waals surface area (Å²) in [4.78, 5) is 23.0. The number of hydrogen-bond acceptors (Lipinski definition) is 2. The van der Waals surface area contributed by atoms with Gasteiger partial charge in [-0.2, -0.15) is 0 Å². The lowest BCUT2D eigenvalue weighted by atomic mass is 9.69. The number of halogens is 1. The Morgan fingerprint density at radius 2 is 2.10 bits per heavy atom. The van der Waals surface area contributed by atoms with Crippen molar-refractivity contribution in [2.45, 2.75) is 26.2 Å². The van der Waals surface area contributed by atoms with Crippen LogP contribution in [0.4, 0.5) is 10.5 Å². The van der Waals surface area contributed by atoms with Crippen LogP contribution in [0.1, 0.15) is 24.8 Å². The molecule has 108 valence electrons. The number of urea groups is 1. The van der Waals surface area contributed by atoms with Crippen LogP contribution >= 0.6 is 11.6 Å². The molecule has 0 unspecified atom stereocenters. The number of carboxylic acid groups (broad SMARTS) is 1. The maximum atomic E-state index is 11.8. The summed E-state index contributed by atoms with van der Waals surface area (Å²) >= 11 is 5.97. The minimum atomic E-state index is -0.844. The molecule has 6 heteroatoms. The molecule has 0 saturated heterocycles. The van der Waals surface area contributed by atoms with Crippen molar-refractivity contribution in [1.82, 2.24) is 5.32 Å². The van der Waals surface area contributed by atoms with Crippen molar-refractivity contribution in [3.8, 4) is 0 Å². The van der Waals surface area contributed by atoms with E-state index < -0.39 is 17.4 Å². The second-order valence-electron chi connectivity index (χ2n) is 5.16. The van der Waals surface area contributed by atoms with Crippen molar-refractivity contribution in [1.29, 1.82) is 0 Å². The van der Waals surface area contributed by atoms with Gasteiger partial charge in [-0.1, -0.05) is 24.1 Å². The fourth-order valence-corrected chi connectivity index (χ4v) is 2.40. The van der Waals surface area contributed by atoms with Crippen LogP contribution < -0.4 is 10.6 Å². The number of aliphatic carboxylic acids is 1. The Morgan fingerprint density at radius 3 is 2.65 bits per heavy atom. The molecule has 3 N–H and O–H groups in total. The molecule has 1 aromatic rings. The third-order valence-corrected chi connectivity index (χ3v) is 4.28. The minimum Gasteiger partial charge on any atom is -0.481 e. The molecule has 2 amide bonds. The number of hydrogen-bond donors (Lipinski definition) is 3. The normalized spacial score (nSPS) is 16.1. The predicted molar refractivity (Wildman–Crippen MR) is 77.1 cm³/mol. The fourth-order valence-electron chi connectivity index (χ4n) is 2.23. The van der Waals surface area contributed by atoms with Crippen molar-refractivity contribution in [3.05, 3.63) is 28.8 Å². The number of benzene rings is 1. The van der Waals surface area contributed by atoms with Crippen molar-refractivity contribution in [2.75, 3.05) is 11.9 Å². The maximum absolute atomic E-state index is 11.8. The van der Waals surface area contributed by atoms with Crippen LogP contribution in [-0.4, -0.2) is 23.7 Å². The predicted octanol–water partition coefficient (Wildman–Crippen LogP) is 3.02. The van der Waals surface area contributed by atoms with E-state index in [1.807, 2.05) is 6.92 Å². The summed E-state index contributed by atoms with van der Waals surface area (Å²) in [5, 5.41) is 15.1. The Morgan fingerprint density at radius 1 is 1.40 bits per heavy atom. The van der Waals surface area contributed by atoms with E-state index in [0.717, 1.165) is 12.0 Å². The molecular formula is C14H17ClN2O3. The second kappa shape index (κ2) is 5.71. The van der Waals surface area contributed by atoms with Crippen molar-refractivity contribution < 1.29 is 14.7 Å². The minimum absolute atomic E-state index is 0.147. The molecule has 0 radical (unpaired) electrons. The summed E-state index contributed by atoms with van der Waals surface area (Å²) in [5.41, 5.74) is 0.606. The lowest BCUT2D eigenvalue weighted by molar-refractivity contribution is -0.153. The topological polar surface area (TPSA) is 78.4 Å². The molecule has 1 aliphatic carbocycles. The smallest absolute Gasteiger partial charge is 0.319 e. The van der Waals surface area contributed by atoms with Gasteiger partial charge in [-0.15, -0.1) is 0 Å². The number of carbonyl (C=O) groups is 2. The van der Waals surface area contributed by atoms with Gasteiger partial charge >= 0.3 is 12.0 Å². The third kappa shape index (κ3) is 2.88. The van der Waals surface area contributed by atoms with Crippen LogP contribution in [0, 0.1) is 12.3 Å². The van der Waals surface area contributed by atoms with Gasteiger partial charge in [0.25, 0.3) is 0 Å². The molecule has 1 aliphatic rings. The SMILES string of the molecule is Cc1c(Cl)cccc1NC(=O)NCC1(C(=O)O)CCC1. The first-order valence-corrected chi connectivity index (χ1v) is 6.86. The monoisotopic (exact) mass is 296 g/mol. The van der Waals surface area contributed by atoms with Gasteiger partial charge in [0.15, 0.2) is 0 Å². The highest BCUT2D eigenvalue weighted by Crippen LogP contribution is 2.40. The van der Waals surface area contributed by atoms with Gasteiger partial charge < -0.3 is 15.7 Å². The summed E-state index contributed by atoms with van der Waals surface area (Å²) in [6, 6.07) is 4.82. The summed E-state index contributed by atoms with van der Waals surface area (Å²) < 4.78 is 0. The number of carboxylic acids is 1. The lowest BCUT2D eigenvalue weighted by Gasteiger charge is -2.37. The highest BCUT2D eigenvalue weighted by atomic mass is 35.5. The van der Waals surface area contributed by atoms with E-state index in [1.54, 1.807) is 18.2 Å². The van der Waals surface area contributed by atoms with Crippen LogP contribution in [0.15, 0.2) is 18.2 Å². The van der Waals surface area contributed by atoms with Gasteiger partial charge in [0.1, 0.15) is 0 Å². The Hall–Kier alpha value is -1.75. The van der Waals surface area contributed by atoms with E-state index in [2.05, 4.69) is 10.6 Å². The van der Waals surface area contributed by atoms with Crippen molar-refractivity contribution >= 4 is 29.3 Å². The van der Waals surface area contributed by atoms with E-state index in [-0.39, 0.29) is 6.54 Å². The quantitative estimate of drug-likeness (QED) is 0.799. The number of anilines is 1. The molecule has 0 atom stereocenters. The van der Waals surface area contributed by atoms with Crippen LogP contribution in [0.3, 0.4) is 0 Å². The molecule has 2 rings (SSSR count). The maximum Gasteiger partial charge on any atom is 0.319 e. The fraction of sp³-hybridized carbons (Fsp3) is 0.429. The van der Waals surface area contributed by atoms with Crippen LogP contribution in [-0.2, 0) is 4.79 Å². The molecule has 0 bridgehead atoms. The van der Waals surface area contributed by atoms with Crippen molar-refractivity contribution in [3.63, 3.8) is 0 Å². The summed E-state index contributed by atoms with van der Waals surface area (Å²) in [7, 11) is 0. The average molecular weight is 297 g/mol. The number of rotatable bonds is 4. The first-order chi connectivity index (χ1) is 9.44. The second-order valence-corrected chi connectivity index (χ2v) is 5.57. The molecule has 1 fully saturated rings. The van der Waals surface area contributed by atoms with E-state index in [4.69, 9.17) is 11.6 Å². The Kier molecular flexibility index (Phi) is 4.18. The molecule has 5 nitrogen and oxygen atoms in total. The third-order valence-electron chi connectivity index (χ3n) is 3.87. The molecule has 0 aromatic heterocycles. The standard InChI is InChI=1S/C14H17ClN2O3/c1-9-10(15)4-2-5-11(9)17-13(20)16-8-14(12(18)19)6-3-7-14/h2,4-5H,3,6-8H2,1H3,(H,18,19)(H2,16,17,20). The van der Waals surface area contributed by atoms with Gasteiger partial charge in [0, 0.05) is 17.3 Å². The van der Waals surface area contributed by atoms with Crippen molar-refractivity contribution in [2.24, 2.45) is 5.41 Å². The largest absolute Gasteiger partial charge is 0.481 e. The zero-order valence-electron chi connectivity index (χ0n) is 11.2. The molecule has 0 spiro atoms. The lowest BCUT2D eigenvalue weighted by Crippen LogP contribution is -2.48. The highest BCUT2D eigenvalue weighted by Gasteiger charge is 2.44. The van der Waals surface area contributed by atoms with Crippen LogP contribution in [0.25, 0.3) is 0 Å². The van der Waals surface area contributed by atoms with Gasteiger partial charge in [0.2, 0.25) is 0 Å². The molecule has 1 aromatic carbocycles. The first-order valence-electron chi connectivity index (χ1n) is 6.48. The zero-order chi connectivity index (χ0) is 14.8. The summed E-state index contributed by atoms with van der Waals surface area (Å²) in [6.45, 7) is 1.95. The van der Waals surface area contributed by atoms with E-state index in [0.29, 0.717) is 23.6 Å². The number of carbonyl (C=O) groups excluding carboxylic acids is 1. The first kappa shape index (κ1) is 14.7. The zero-order valence-corrected chi connectivity index (χ0v) is 12.0. The Labute approximate surface area is 122 Å². The van der Waals surface area contributed by atoms with Crippen LogP contribution in [0.5, 0.6) is 0 Å². The van der Waals surface area contributed by atoms with E-state index in [9.17, 15) is 14.7 Å². The Bertz CT molecular complexity index is 541. The number of amides is 2. The highest BCUT2D eigenvalue weighted by molar-refractivity contribution is 6.31. The summed E-state index contributed by atoms with van der Waals surface area (Å²) in [5.74, 6) is -0.844. The van der Waals surface area contributed by atoms with Gasteiger partial charge in [-0.3, -0.25) is 4.79 Å². The van der Waals surface area contributed by atoms with E-state index in [1.165, 1.54) is 0 Å². The average Bonchev–Trinajstić information content (AvgIpc) is 2.33. The molecule has 1 saturated carbocycles. The Balaban J connectivity index is 1.93. The van der Waals surface area contributed by atoms with E-state index >= 15 is 0 Å². The molecule has 20 heavy (non-hydrogen) atoms. The van der Waals surface area contributed by atoms with Gasteiger partial charge in [-0.05, 0) is 37.5 Å². The van der Waals surface area contributed by atoms with Crippen LogP contribution in [0.2, 0.25) is 5.02 Å². The summed E-state index contributed by atoms with van der Waals surface area (Å²) in [6.07, 6.45) is 2.11. The molecule has 0 aliphatic heterocycles. The molecule has 0 heterocycles.